The molecule has 1 aliphatic heterocycles. The second kappa shape index (κ2) is 10.3. The SMILES string of the molecule is COc1cc(Nc2c(C#N)cnc3cc(-c4csc(CN5CCN(C)CC5)n4)sc23)c(Cl)cc1Cl. The zero-order chi connectivity index (χ0) is 24.5. The molecule has 0 radical (unpaired) electrons. The Kier molecular flexibility index (Phi) is 7.12. The molecule has 0 unspecified atom stereocenters. The summed E-state index contributed by atoms with van der Waals surface area (Å²) in [4.78, 5) is 15.2. The molecule has 4 heterocycles. The van der Waals surface area contributed by atoms with Gasteiger partial charge in [0.15, 0.2) is 0 Å². The molecule has 0 atom stereocenters. The number of piperazine rings is 1. The minimum atomic E-state index is 0.415. The van der Waals surface area contributed by atoms with Crippen LogP contribution >= 0.6 is 45.9 Å². The first-order valence-electron chi connectivity index (χ1n) is 10.9. The number of nitriles is 1. The molecule has 0 amide bonds. The number of benzene rings is 1. The molecule has 1 aliphatic rings. The summed E-state index contributed by atoms with van der Waals surface area (Å²) in [6.07, 6.45) is 1.57. The third-order valence-corrected chi connectivity index (χ3v) is 8.53. The number of rotatable bonds is 6. The van der Waals surface area contributed by atoms with Gasteiger partial charge in [0.25, 0.3) is 0 Å². The fourth-order valence-corrected chi connectivity index (χ4v) is 6.42. The number of anilines is 2. The number of hydrogen-bond donors (Lipinski definition) is 1. The molecule has 1 fully saturated rings. The van der Waals surface area contributed by atoms with Gasteiger partial charge in [-0.15, -0.1) is 22.7 Å². The lowest BCUT2D eigenvalue weighted by Gasteiger charge is -2.31. The van der Waals surface area contributed by atoms with E-state index in [0.717, 1.165) is 58.5 Å². The van der Waals surface area contributed by atoms with Crippen molar-refractivity contribution in [3.8, 4) is 22.4 Å². The smallest absolute Gasteiger partial charge is 0.139 e. The van der Waals surface area contributed by atoms with Crippen molar-refractivity contribution in [2.75, 3.05) is 45.7 Å². The maximum absolute atomic E-state index is 9.75. The van der Waals surface area contributed by atoms with Crippen molar-refractivity contribution in [2.24, 2.45) is 0 Å². The largest absolute Gasteiger partial charge is 0.495 e. The maximum Gasteiger partial charge on any atom is 0.139 e. The van der Waals surface area contributed by atoms with Crippen LogP contribution in [0, 0.1) is 11.3 Å². The lowest BCUT2D eigenvalue weighted by atomic mass is 10.2. The van der Waals surface area contributed by atoms with Crippen LogP contribution in [0.2, 0.25) is 10.0 Å². The highest BCUT2D eigenvalue weighted by molar-refractivity contribution is 7.23. The predicted molar refractivity (Wildman–Crippen MR) is 145 cm³/mol. The van der Waals surface area contributed by atoms with Gasteiger partial charge in [0, 0.05) is 43.8 Å². The van der Waals surface area contributed by atoms with Gasteiger partial charge in [0.1, 0.15) is 16.8 Å². The van der Waals surface area contributed by atoms with Gasteiger partial charge in [-0.25, -0.2) is 4.98 Å². The van der Waals surface area contributed by atoms with Crippen LogP contribution in [0.3, 0.4) is 0 Å². The highest BCUT2D eigenvalue weighted by atomic mass is 35.5. The third kappa shape index (κ3) is 5.09. The summed E-state index contributed by atoms with van der Waals surface area (Å²) in [7, 11) is 3.70. The average molecular weight is 546 g/mol. The standard InChI is InChI=1S/C24H22Cl2N6OS2/c1-31-3-5-32(6-4-31)12-22-29-19(13-34-22)21-9-18-24(35-21)23(14(10-27)11-28-18)30-17-8-20(33-2)16(26)7-15(17)25/h7-9,11,13H,3-6,12H2,1-2H3,(H,28,30). The molecular formula is C24H22Cl2N6OS2. The van der Waals surface area contributed by atoms with E-state index in [4.69, 9.17) is 32.9 Å². The van der Waals surface area contributed by atoms with E-state index in [2.05, 4.69) is 38.6 Å². The Labute approximate surface area is 221 Å². The van der Waals surface area contributed by atoms with E-state index < -0.39 is 0 Å². The van der Waals surface area contributed by atoms with E-state index in [-0.39, 0.29) is 0 Å². The van der Waals surface area contributed by atoms with E-state index in [9.17, 15) is 5.26 Å². The van der Waals surface area contributed by atoms with Gasteiger partial charge in [0.2, 0.25) is 0 Å². The third-order valence-electron chi connectivity index (χ3n) is 5.92. The lowest BCUT2D eigenvalue weighted by Crippen LogP contribution is -2.43. The summed E-state index contributed by atoms with van der Waals surface area (Å²) in [6, 6.07) is 7.58. The van der Waals surface area contributed by atoms with Crippen LogP contribution in [0.4, 0.5) is 11.4 Å². The molecule has 0 bridgehead atoms. The van der Waals surface area contributed by atoms with E-state index in [0.29, 0.717) is 32.7 Å². The molecule has 11 heteroatoms. The van der Waals surface area contributed by atoms with Crippen molar-refractivity contribution in [1.29, 1.82) is 5.26 Å². The Bertz CT molecular complexity index is 1420. The van der Waals surface area contributed by atoms with Crippen LogP contribution in [0.25, 0.3) is 20.8 Å². The van der Waals surface area contributed by atoms with Crippen LogP contribution in [0.5, 0.6) is 5.75 Å². The fourth-order valence-electron chi connectivity index (χ4n) is 3.92. The first-order chi connectivity index (χ1) is 16.9. The maximum atomic E-state index is 9.75. The normalized spacial score (nSPS) is 14.8. The van der Waals surface area contributed by atoms with Gasteiger partial charge < -0.3 is 15.0 Å². The summed E-state index contributed by atoms with van der Waals surface area (Å²) in [6.45, 7) is 5.15. The van der Waals surface area contributed by atoms with Gasteiger partial charge in [0.05, 0.1) is 61.4 Å². The summed E-state index contributed by atoms with van der Waals surface area (Å²) in [5, 5.41) is 17.1. The Morgan fingerprint density at radius 3 is 2.71 bits per heavy atom. The number of nitrogens with zero attached hydrogens (tertiary/aromatic N) is 5. The highest BCUT2D eigenvalue weighted by Crippen LogP contribution is 2.42. The van der Waals surface area contributed by atoms with Gasteiger partial charge in [-0.2, -0.15) is 5.26 Å². The lowest BCUT2D eigenvalue weighted by molar-refractivity contribution is 0.148. The number of aromatic nitrogens is 2. The number of thiophene rings is 1. The average Bonchev–Trinajstić information content (AvgIpc) is 3.49. The molecule has 7 nitrogen and oxygen atoms in total. The zero-order valence-electron chi connectivity index (χ0n) is 19.1. The molecule has 0 aliphatic carbocycles. The second-order valence-electron chi connectivity index (χ2n) is 8.28. The molecule has 1 saturated heterocycles. The Morgan fingerprint density at radius 1 is 1.17 bits per heavy atom. The first kappa shape index (κ1) is 24.3. The molecule has 180 valence electrons. The molecule has 5 rings (SSSR count). The Hall–Kier alpha value is -2.45. The summed E-state index contributed by atoms with van der Waals surface area (Å²) in [5.41, 5.74) is 3.38. The summed E-state index contributed by atoms with van der Waals surface area (Å²) >= 11 is 15.9. The van der Waals surface area contributed by atoms with Crippen molar-refractivity contribution in [2.45, 2.75) is 6.54 Å². The molecular weight excluding hydrogens is 523 g/mol. The molecule has 0 spiro atoms. The van der Waals surface area contributed by atoms with Crippen LogP contribution in [0.15, 0.2) is 29.8 Å². The topological polar surface area (TPSA) is 77.3 Å². The first-order valence-corrected chi connectivity index (χ1v) is 13.4. The van der Waals surface area contributed by atoms with Crippen molar-refractivity contribution < 1.29 is 4.74 Å². The van der Waals surface area contributed by atoms with Crippen LogP contribution in [-0.2, 0) is 6.54 Å². The van der Waals surface area contributed by atoms with Crippen LogP contribution < -0.4 is 10.1 Å². The van der Waals surface area contributed by atoms with Crippen molar-refractivity contribution in [3.63, 3.8) is 0 Å². The molecule has 1 aromatic carbocycles. The quantitative estimate of drug-likeness (QED) is 0.314. The number of hydrogen-bond acceptors (Lipinski definition) is 9. The summed E-state index contributed by atoms with van der Waals surface area (Å²) in [5.74, 6) is 0.490. The van der Waals surface area contributed by atoms with Gasteiger partial charge in [-0.3, -0.25) is 9.88 Å². The van der Waals surface area contributed by atoms with Crippen LogP contribution in [0.1, 0.15) is 10.6 Å². The van der Waals surface area contributed by atoms with E-state index in [1.807, 2.05) is 6.07 Å². The Morgan fingerprint density at radius 2 is 1.97 bits per heavy atom. The highest BCUT2D eigenvalue weighted by Gasteiger charge is 2.19. The monoisotopic (exact) mass is 544 g/mol. The molecule has 3 aromatic heterocycles. The van der Waals surface area contributed by atoms with Crippen molar-refractivity contribution in [1.82, 2.24) is 19.8 Å². The number of nitrogens with one attached hydrogen (secondary N) is 1. The number of ether oxygens (including phenoxy) is 1. The number of thiazole rings is 1. The van der Waals surface area contributed by atoms with Crippen molar-refractivity contribution >= 4 is 67.5 Å². The second-order valence-corrected chi connectivity index (χ2v) is 11.1. The van der Waals surface area contributed by atoms with Gasteiger partial charge in [-0.1, -0.05) is 23.2 Å². The van der Waals surface area contributed by atoms with E-state index in [1.54, 1.807) is 48.1 Å². The number of pyridine rings is 1. The fraction of sp³-hybridized carbons (Fsp3) is 0.292. The van der Waals surface area contributed by atoms with Gasteiger partial charge >= 0.3 is 0 Å². The van der Waals surface area contributed by atoms with Gasteiger partial charge in [-0.05, 0) is 19.2 Å². The number of likely N-dealkylation sites (N-methyl/N-ethyl adjacent to an activating group) is 1. The van der Waals surface area contributed by atoms with Crippen molar-refractivity contribution in [3.05, 3.63) is 50.4 Å². The summed E-state index contributed by atoms with van der Waals surface area (Å²) < 4.78 is 6.19. The van der Waals surface area contributed by atoms with E-state index >= 15 is 0 Å². The zero-order valence-corrected chi connectivity index (χ0v) is 22.3. The number of fused-ring (bicyclic) bond motifs is 1. The molecule has 0 saturated carbocycles. The van der Waals surface area contributed by atoms with Crippen LogP contribution in [-0.4, -0.2) is 60.1 Å². The molecule has 35 heavy (non-hydrogen) atoms. The molecule has 4 aromatic rings. The number of methoxy groups -OCH3 is 1. The Balaban J connectivity index is 1.46. The van der Waals surface area contributed by atoms with E-state index in [1.165, 1.54) is 0 Å². The predicted octanol–water partition coefficient (Wildman–Crippen LogP) is 6.10. The minimum Gasteiger partial charge on any atom is -0.495 e. The molecule has 1 N–H and O–H groups in total. The minimum absolute atomic E-state index is 0.415. The number of halogens is 2.